The van der Waals surface area contributed by atoms with E-state index in [-0.39, 0.29) is 19.4 Å². The van der Waals surface area contributed by atoms with Gasteiger partial charge in [0.1, 0.15) is 0 Å². The van der Waals surface area contributed by atoms with Crippen molar-refractivity contribution in [1.29, 1.82) is 0 Å². The number of rotatable bonds is 5. The average Bonchev–Trinajstić information content (AvgIpc) is 2.32. The number of aryl methyl sites for hydroxylation is 2. The third kappa shape index (κ3) is 4.53. The minimum absolute atomic E-state index is 0.0565. The molecule has 0 aliphatic heterocycles. The molecule has 0 fully saturated rings. The summed E-state index contributed by atoms with van der Waals surface area (Å²) >= 11 is 0. The van der Waals surface area contributed by atoms with Crippen molar-refractivity contribution in [2.75, 3.05) is 6.61 Å². The Hall–Kier alpha value is -1.91. The van der Waals surface area contributed by atoms with E-state index in [9.17, 15) is 14.1 Å². The van der Waals surface area contributed by atoms with E-state index in [1.807, 2.05) is 19.9 Å². The molecular formula is C13H15FO4. The highest BCUT2D eigenvalue weighted by molar-refractivity contribution is 5.89. The highest BCUT2D eigenvalue weighted by atomic mass is 19.3. The van der Waals surface area contributed by atoms with Crippen LogP contribution in [0.1, 0.15) is 34.3 Å². The SMILES string of the molecule is Cc1cc(C)cc(C(=O)OCCCC(=O)OF)c1. The summed E-state index contributed by atoms with van der Waals surface area (Å²) in [4.78, 5) is 25.1. The normalized spacial score (nSPS) is 9.94. The van der Waals surface area contributed by atoms with Crippen molar-refractivity contribution in [3.05, 3.63) is 34.9 Å². The van der Waals surface area contributed by atoms with Crippen LogP contribution in [0.2, 0.25) is 0 Å². The van der Waals surface area contributed by atoms with E-state index in [1.54, 1.807) is 12.1 Å². The Kier molecular flexibility index (Phi) is 5.30. The second-order valence-corrected chi connectivity index (χ2v) is 4.07. The Morgan fingerprint density at radius 2 is 1.78 bits per heavy atom. The van der Waals surface area contributed by atoms with E-state index in [1.165, 1.54) is 0 Å². The molecule has 0 heterocycles. The third-order valence-corrected chi connectivity index (χ3v) is 2.30. The number of carbonyl (C=O) groups is 2. The van der Waals surface area contributed by atoms with Gasteiger partial charge in [0.2, 0.25) is 0 Å². The van der Waals surface area contributed by atoms with Gasteiger partial charge in [0.25, 0.3) is 0 Å². The van der Waals surface area contributed by atoms with Crippen molar-refractivity contribution in [1.82, 2.24) is 0 Å². The van der Waals surface area contributed by atoms with Crippen molar-refractivity contribution < 1.29 is 23.8 Å². The van der Waals surface area contributed by atoms with E-state index in [2.05, 4.69) is 4.94 Å². The summed E-state index contributed by atoms with van der Waals surface area (Å²) in [7, 11) is 0. The highest BCUT2D eigenvalue weighted by Crippen LogP contribution is 2.10. The van der Waals surface area contributed by atoms with Crippen molar-refractivity contribution in [3.8, 4) is 0 Å². The quantitative estimate of drug-likeness (QED) is 0.598. The number of hydrogen-bond acceptors (Lipinski definition) is 4. The summed E-state index contributed by atoms with van der Waals surface area (Å²) in [6, 6.07) is 5.41. The van der Waals surface area contributed by atoms with Crippen LogP contribution in [0.15, 0.2) is 18.2 Å². The van der Waals surface area contributed by atoms with Crippen LogP contribution in [0.25, 0.3) is 0 Å². The second-order valence-electron chi connectivity index (χ2n) is 4.07. The number of carbonyl (C=O) groups excluding carboxylic acids is 2. The number of esters is 1. The third-order valence-electron chi connectivity index (χ3n) is 2.30. The van der Waals surface area contributed by atoms with Crippen LogP contribution in [0.3, 0.4) is 0 Å². The molecule has 0 radical (unpaired) electrons. The van der Waals surface area contributed by atoms with Crippen LogP contribution in [0, 0.1) is 13.8 Å². The molecular weight excluding hydrogens is 239 g/mol. The van der Waals surface area contributed by atoms with Gasteiger partial charge in [0, 0.05) is 4.53 Å². The Morgan fingerprint density at radius 3 is 2.33 bits per heavy atom. The minimum atomic E-state index is -0.961. The van der Waals surface area contributed by atoms with E-state index >= 15 is 0 Å². The zero-order valence-corrected chi connectivity index (χ0v) is 10.4. The van der Waals surface area contributed by atoms with Gasteiger partial charge >= 0.3 is 11.9 Å². The number of ether oxygens (including phenoxy) is 1. The smallest absolute Gasteiger partial charge is 0.348 e. The first kappa shape index (κ1) is 14.2. The van der Waals surface area contributed by atoms with E-state index < -0.39 is 11.9 Å². The lowest BCUT2D eigenvalue weighted by Gasteiger charge is -2.06. The molecule has 98 valence electrons. The number of halogens is 1. The number of benzene rings is 1. The lowest BCUT2D eigenvalue weighted by molar-refractivity contribution is -0.183. The molecule has 1 aromatic carbocycles. The lowest BCUT2D eigenvalue weighted by atomic mass is 10.1. The predicted molar refractivity (Wildman–Crippen MR) is 62.6 cm³/mol. The van der Waals surface area contributed by atoms with Crippen LogP contribution < -0.4 is 0 Å². The number of hydrogen-bond donors (Lipinski definition) is 0. The molecule has 1 rings (SSSR count). The first-order valence-electron chi connectivity index (χ1n) is 5.60. The maximum atomic E-state index is 11.7. The summed E-state index contributed by atoms with van der Waals surface area (Å²) in [5.41, 5.74) is 2.42. The van der Waals surface area contributed by atoms with Gasteiger partial charge in [0.05, 0.1) is 18.6 Å². The molecule has 0 amide bonds. The Bertz CT molecular complexity index is 422. The molecule has 0 aliphatic rings. The van der Waals surface area contributed by atoms with E-state index in [0.717, 1.165) is 11.1 Å². The molecule has 1 aromatic rings. The molecule has 0 saturated heterocycles. The first-order chi connectivity index (χ1) is 8.52. The fourth-order valence-electron chi connectivity index (χ4n) is 1.60. The van der Waals surface area contributed by atoms with Gasteiger partial charge in [-0.05, 0) is 32.4 Å². The molecule has 0 atom stereocenters. The zero-order valence-electron chi connectivity index (χ0n) is 10.4. The summed E-state index contributed by atoms with van der Waals surface area (Å²) in [5, 5.41) is 0. The molecule has 0 bridgehead atoms. The zero-order chi connectivity index (χ0) is 13.5. The first-order valence-corrected chi connectivity index (χ1v) is 5.60. The summed E-state index contributed by atoms with van der Waals surface area (Å²) in [6.07, 6.45) is 0.121. The Morgan fingerprint density at radius 1 is 1.17 bits per heavy atom. The molecule has 0 aromatic heterocycles. The Balaban J connectivity index is 2.43. The minimum Gasteiger partial charge on any atom is -0.462 e. The standard InChI is InChI=1S/C13H15FO4/c1-9-6-10(2)8-11(7-9)13(16)17-5-3-4-12(15)18-14/h6-8H,3-5H2,1-2H3. The maximum absolute atomic E-state index is 11.7. The molecule has 0 saturated carbocycles. The van der Waals surface area contributed by atoms with Gasteiger partial charge < -0.3 is 4.74 Å². The average molecular weight is 254 g/mol. The van der Waals surface area contributed by atoms with Gasteiger partial charge in [-0.25, -0.2) is 9.59 Å². The molecule has 5 heteroatoms. The molecule has 18 heavy (non-hydrogen) atoms. The van der Waals surface area contributed by atoms with Gasteiger partial charge in [-0.15, -0.1) is 0 Å². The molecule has 0 aliphatic carbocycles. The summed E-state index contributed by atoms with van der Waals surface area (Å²) in [6.45, 7) is 3.84. The maximum Gasteiger partial charge on any atom is 0.348 e. The molecule has 4 nitrogen and oxygen atoms in total. The van der Waals surface area contributed by atoms with Gasteiger partial charge in [-0.2, -0.15) is 0 Å². The fourth-order valence-corrected chi connectivity index (χ4v) is 1.60. The van der Waals surface area contributed by atoms with Crippen molar-refractivity contribution >= 4 is 11.9 Å². The van der Waals surface area contributed by atoms with Crippen LogP contribution in [0.5, 0.6) is 0 Å². The van der Waals surface area contributed by atoms with Crippen LogP contribution in [-0.2, 0) is 14.5 Å². The van der Waals surface area contributed by atoms with E-state index in [0.29, 0.717) is 5.56 Å². The summed E-state index contributed by atoms with van der Waals surface area (Å²) in [5.74, 6) is -1.41. The molecule has 0 unspecified atom stereocenters. The van der Waals surface area contributed by atoms with Crippen LogP contribution in [-0.4, -0.2) is 18.5 Å². The second kappa shape index (κ2) is 6.74. The topological polar surface area (TPSA) is 52.6 Å². The van der Waals surface area contributed by atoms with E-state index in [4.69, 9.17) is 4.74 Å². The monoisotopic (exact) mass is 254 g/mol. The molecule has 0 N–H and O–H groups in total. The predicted octanol–water partition coefficient (Wildman–Crippen LogP) is 2.67. The largest absolute Gasteiger partial charge is 0.462 e. The summed E-state index contributed by atoms with van der Waals surface area (Å²) < 4.78 is 16.3. The van der Waals surface area contributed by atoms with Crippen molar-refractivity contribution in [2.45, 2.75) is 26.7 Å². The molecule has 0 spiro atoms. The fraction of sp³-hybridized carbons (Fsp3) is 0.385. The Labute approximate surface area is 105 Å². The van der Waals surface area contributed by atoms with Crippen LogP contribution >= 0.6 is 0 Å². The van der Waals surface area contributed by atoms with Crippen molar-refractivity contribution in [2.24, 2.45) is 0 Å². The van der Waals surface area contributed by atoms with Crippen molar-refractivity contribution in [3.63, 3.8) is 0 Å². The van der Waals surface area contributed by atoms with Gasteiger partial charge in [0.15, 0.2) is 0 Å². The van der Waals surface area contributed by atoms with Crippen LogP contribution in [0.4, 0.5) is 4.53 Å². The lowest BCUT2D eigenvalue weighted by Crippen LogP contribution is -2.08. The van der Waals surface area contributed by atoms with Gasteiger partial charge in [-0.1, -0.05) is 17.2 Å². The highest BCUT2D eigenvalue weighted by Gasteiger charge is 2.09. The van der Waals surface area contributed by atoms with Gasteiger partial charge in [-0.3, -0.25) is 4.94 Å².